The topological polar surface area (TPSA) is 78.5 Å². The molecule has 0 bridgehead atoms. The molecule has 2 N–H and O–H groups in total. The maximum Gasteiger partial charge on any atom is 0.248 e. The minimum atomic E-state index is -0.336. The summed E-state index contributed by atoms with van der Waals surface area (Å²) in [6, 6.07) is 15.5. The highest BCUT2D eigenvalue weighted by Crippen LogP contribution is 2.34. The standard InChI is InChI=1S/C20H21N3O3S2/c1-14-6-8-15(9-7-14)27-12-19(25)22-21-18(24)10-11-23-16-4-2-3-5-17(16)28-13-20(23)26/h2-9H,10-13H2,1H3,(H,21,24)(H,22,25). The van der Waals surface area contributed by atoms with Crippen LogP contribution in [0.15, 0.2) is 58.3 Å². The monoisotopic (exact) mass is 415 g/mol. The second-order valence-electron chi connectivity index (χ2n) is 6.25. The van der Waals surface area contributed by atoms with Crippen LogP contribution in [0.4, 0.5) is 5.69 Å². The number of aryl methyl sites for hydroxylation is 1. The highest BCUT2D eigenvalue weighted by Gasteiger charge is 2.24. The summed E-state index contributed by atoms with van der Waals surface area (Å²) < 4.78 is 0. The predicted octanol–water partition coefficient (Wildman–Crippen LogP) is 2.76. The fraction of sp³-hybridized carbons (Fsp3) is 0.250. The summed E-state index contributed by atoms with van der Waals surface area (Å²) in [5.74, 6) is -0.0635. The van der Waals surface area contributed by atoms with Crippen LogP contribution < -0.4 is 15.8 Å². The van der Waals surface area contributed by atoms with Gasteiger partial charge in [0.1, 0.15) is 0 Å². The average Bonchev–Trinajstić information content (AvgIpc) is 2.71. The molecular formula is C20H21N3O3S2. The van der Waals surface area contributed by atoms with Gasteiger partial charge in [-0.3, -0.25) is 25.2 Å². The molecule has 6 nitrogen and oxygen atoms in total. The molecule has 1 aliphatic rings. The summed E-state index contributed by atoms with van der Waals surface area (Å²) in [5.41, 5.74) is 6.82. The van der Waals surface area contributed by atoms with E-state index in [0.717, 1.165) is 21.0 Å². The van der Waals surface area contributed by atoms with Crippen LogP contribution in [-0.2, 0) is 14.4 Å². The van der Waals surface area contributed by atoms with Crippen molar-refractivity contribution in [1.29, 1.82) is 0 Å². The van der Waals surface area contributed by atoms with E-state index >= 15 is 0 Å². The molecule has 0 radical (unpaired) electrons. The fourth-order valence-electron chi connectivity index (χ4n) is 2.63. The Morgan fingerprint density at radius 3 is 2.57 bits per heavy atom. The number of hydrogen-bond acceptors (Lipinski definition) is 5. The van der Waals surface area contributed by atoms with Gasteiger partial charge in [-0.25, -0.2) is 0 Å². The zero-order valence-electron chi connectivity index (χ0n) is 15.4. The summed E-state index contributed by atoms with van der Waals surface area (Å²) >= 11 is 2.90. The first-order valence-corrected chi connectivity index (χ1v) is 10.8. The normalized spacial score (nSPS) is 13.0. The van der Waals surface area contributed by atoms with Crippen molar-refractivity contribution in [3.63, 3.8) is 0 Å². The van der Waals surface area contributed by atoms with E-state index in [9.17, 15) is 14.4 Å². The van der Waals surface area contributed by atoms with Crippen molar-refractivity contribution in [2.45, 2.75) is 23.1 Å². The highest BCUT2D eigenvalue weighted by atomic mass is 32.2. The molecule has 0 aliphatic carbocycles. The maximum atomic E-state index is 12.2. The molecule has 0 unspecified atom stereocenters. The number of hydrazine groups is 1. The van der Waals surface area contributed by atoms with Crippen molar-refractivity contribution in [3.05, 3.63) is 54.1 Å². The fourth-order valence-corrected chi connectivity index (χ4v) is 4.27. The Hall–Kier alpha value is -2.45. The van der Waals surface area contributed by atoms with Gasteiger partial charge in [-0.15, -0.1) is 23.5 Å². The molecule has 0 aromatic heterocycles. The molecule has 8 heteroatoms. The maximum absolute atomic E-state index is 12.2. The largest absolute Gasteiger partial charge is 0.310 e. The Balaban J connectivity index is 1.41. The number of hydrogen-bond donors (Lipinski definition) is 2. The number of para-hydroxylation sites is 1. The molecule has 2 aromatic carbocycles. The number of rotatable bonds is 6. The molecule has 146 valence electrons. The lowest BCUT2D eigenvalue weighted by molar-refractivity contribution is -0.127. The van der Waals surface area contributed by atoms with Crippen molar-refractivity contribution in [1.82, 2.24) is 10.9 Å². The molecule has 28 heavy (non-hydrogen) atoms. The third kappa shape index (κ3) is 5.53. The van der Waals surface area contributed by atoms with Gasteiger partial charge in [0.2, 0.25) is 17.7 Å². The number of carbonyl (C=O) groups excluding carboxylic acids is 3. The third-order valence-electron chi connectivity index (χ3n) is 4.10. The molecule has 2 aromatic rings. The van der Waals surface area contributed by atoms with Gasteiger partial charge in [0.05, 0.1) is 17.2 Å². The van der Waals surface area contributed by atoms with E-state index in [0.29, 0.717) is 5.75 Å². The number of nitrogens with one attached hydrogen (secondary N) is 2. The van der Waals surface area contributed by atoms with Gasteiger partial charge in [0.15, 0.2) is 0 Å². The summed E-state index contributed by atoms with van der Waals surface area (Å²) in [7, 11) is 0. The number of carbonyl (C=O) groups is 3. The van der Waals surface area contributed by atoms with E-state index in [2.05, 4.69) is 10.9 Å². The second-order valence-corrected chi connectivity index (χ2v) is 8.32. The number of amides is 3. The minimum absolute atomic E-state index is 0.0185. The Bertz CT molecular complexity index is 871. The van der Waals surface area contributed by atoms with Crippen LogP contribution in [0.1, 0.15) is 12.0 Å². The Labute approximate surface area is 172 Å². The number of fused-ring (bicyclic) bond motifs is 1. The Morgan fingerprint density at radius 2 is 1.79 bits per heavy atom. The van der Waals surface area contributed by atoms with Crippen molar-refractivity contribution < 1.29 is 14.4 Å². The van der Waals surface area contributed by atoms with E-state index in [1.165, 1.54) is 23.5 Å². The van der Waals surface area contributed by atoms with E-state index in [-0.39, 0.29) is 36.4 Å². The Morgan fingerprint density at radius 1 is 1.07 bits per heavy atom. The van der Waals surface area contributed by atoms with Crippen LogP contribution in [0.5, 0.6) is 0 Å². The Kier molecular flexibility index (Phi) is 7.00. The zero-order valence-corrected chi connectivity index (χ0v) is 17.1. The summed E-state index contributed by atoms with van der Waals surface area (Å²) in [5, 5.41) is 0. The second kappa shape index (κ2) is 9.66. The van der Waals surface area contributed by atoms with Gasteiger partial charge >= 0.3 is 0 Å². The third-order valence-corrected chi connectivity index (χ3v) is 6.16. The van der Waals surface area contributed by atoms with Gasteiger partial charge in [0.25, 0.3) is 0 Å². The van der Waals surface area contributed by atoms with Crippen molar-refractivity contribution in [3.8, 4) is 0 Å². The van der Waals surface area contributed by atoms with Gasteiger partial charge in [-0.1, -0.05) is 29.8 Å². The van der Waals surface area contributed by atoms with Crippen LogP contribution in [0.3, 0.4) is 0 Å². The van der Waals surface area contributed by atoms with Gasteiger partial charge in [-0.2, -0.15) is 0 Å². The molecule has 0 atom stereocenters. The van der Waals surface area contributed by atoms with E-state index in [1.807, 2.05) is 55.5 Å². The van der Waals surface area contributed by atoms with Crippen LogP contribution in [0.25, 0.3) is 0 Å². The quantitative estimate of drug-likeness (QED) is 0.560. The molecule has 1 aliphatic heterocycles. The van der Waals surface area contributed by atoms with Gasteiger partial charge in [-0.05, 0) is 31.2 Å². The lowest BCUT2D eigenvalue weighted by atomic mass is 10.2. The molecule has 0 fully saturated rings. The van der Waals surface area contributed by atoms with Gasteiger partial charge < -0.3 is 4.90 Å². The predicted molar refractivity (Wildman–Crippen MR) is 112 cm³/mol. The smallest absolute Gasteiger partial charge is 0.248 e. The number of nitrogens with zero attached hydrogens (tertiary/aromatic N) is 1. The first-order chi connectivity index (χ1) is 13.5. The van der Waals surface area contributed by atoms with Crippen LogP contribution in [-0.4, -0.2) is 35.8 Å². The average molecular weight is 416 g/mol. The molecule has 0 spiro atoms. The number of thioether (sulfide) groups is 2. The lowest BCUT2D eigenvalue weighted by Gasteiger charge is -2.28. The summed E-state index contributed by atoms with van der Waals surface area (Å²) in [6.07, 6.45) is 0.107. The summed E-state index contributed by atoms with van der Waals surface area (Å²) in [4.78, 5) is 39.8. The van der Waals surface area contributed by atoms with Crippen molar-refractivity contribution in [2.24, 2.45) is 0 Å². The number of benzene rings is 2. The van der Waals surface area contributed by atoms with Crippen molar-refractivity contribution in [2.75, 3.05) is 23.0 Å². The van der Waals surface area contributed by atoms with Crippen LogP contribution >= 0.6 is 23.5 Å². The van der Waals surface area contributed by atoms with E-state index < -0.39 is 0 Å². The first-order valence-electron chi connectivity index (χ1n) is 8.82. The van der Waals surface area contributed by atoms with Crippen molar-refractivity contribution >= 4 is 46.9 Å². The van der Waals surface area contributed by atoms with Gasteiger partial charge in [0, 0.05) is 22.8 Å². The molecule has 3 rings (SSSR count). The van der Waals surface area contributed by atoms with Crippen LogP contribution in [0.2, 0.25) is 0 Å². The molecule has 0 saturated carbocycles. The molecule has 3 amide bonds. The van der Waals surface area contributed by atoms with E-state index in [4.69, 9.17) is 0 Å². The van der Waals surface area contributed by atoms with Crippen LogP contribution in [0, 0.1) is 6.92 Å². The summed E-state index contributed by atoms with van der Waals surface area (Å²) in [6.45, 7) is 2.28. The molecule has 1 heterocycles. The highest BCUT2D eigenvalue weighted by molar-refractivity contribution is 8.00. The zero-order chi connectivity index (χ0) is 19.9. The molecular weight excluding hydrogens is 394 g/mol. The van der Waals surface area contributed by atoms with E-state index in [1.54, 1.807) is 4.90 Å². The number of anilines is 1. The molecule has 0 saturated heterocycles. The SMILES string of the molecule is Cc1ccc(SCC(=O)NNC(=O)CCN2C(=O)CSc3ccccc32)cc1. The first kappa shape index (κ1) is 20.3. The lowest BCUT2D eigenvalue weighted by Crippen LogP contribution is -2.44. The minimum Gasteiger partial charge on any atom is -0.310 e.